The lowest BCUT2D eigenvalue weighted by Crippen LogP contribution is -2.36. The molecule has 0 saturated carbocycles. The molecule has 1 heterocycles. The largest absolute Gasteiger partial charge is 0.484 e. The van der Waals surface area contributed by atoms with Gasteiger partial charge >= 0.3 is 6.18 Å². The summed E-state index contributed by atoms with van der Waals surface area (Å²) in [4.78, 5) is 8.58. The molecular formula is C22H24F3IN4O2. The van der Waals surface area contributed by atoms with Crippen LogP contribution in [0.15, 0.2) is 64.2 Å². The van der Waals surface area contributed by atoms with Crippen molar-refractivity contribution in [3.63, 3.8) is 0 Å². The van der Waals surface area contributed by atoms with Crippen LogP contribution in [0.2, 0.25) is 0 Å². The smallest absolute Gasteiger partial charge is 0.422 e. The number of oxazole rings is 1. The van der Waals surface area contributed by atoms with Gasteiger partial charge in [-0.25, -0.2) is 4.98 Å². The molecule has 0 aliphatic carbocycles. The van der Waals surface area contributed by atoms with E-state index >= 15 is 0 Å². The van der Waals surface area contributed by atoms with Crippen molar-refractivity contribution in [2.24, 2.45) is 4.99 Å². The molecule has 0 aliphatic rings. The number of para-hydroxylation sites is 1. The Morgan fingerprint density at radius 1 is 1.06 bits per heavy atom. The highest BCUT2D eigenvalue weighted by Crippen LogP contribution is 2.22. The molecule has 10 heteroatoms. The van der Waals surface area contributed by atoms with Crippen LogP contribution in [0.3, 0.4) is 0 Å². The summed E-state index contributed by atoms with van der Waals surface area (Å²) in [6, 6.07) is 14.4. The standard InChI is InChI=1S/C22H23F3N4O2.HI/c1-15-7-9-16(10-8-15)20-29-18(13-30-20)12-28-21(26-2)27-11-17-5-3-4-6-19(17)31-14-22(23,24)25;/h3-10,13H,11-12,14H2,1-2H3,(H2,26,27,28);1H. The van der Waals surface area contributed by atoms with Crippen LogP contribution < -0.4 is 15.4 Å². The monoisotopic (exact) mass is 560 g/mol. The minimum absolute atomic E-state index is 0. The maximum absolute atomic E-state index is 12.4. The second-order valence-electron chi connectivity index (χ2n) is 6.80. The molecule has 172 valence electrons. The molecule has 6 nitrogen and oxygen atoms in total. The Bertz CT molecular complexity index is 1020. The first-order valence-electron chi connectivity index (χ1n) is 9.57. The summed E-state index contributed by atoms with van der Waals surface area (Å²) >= 11 is 0. The summed E-state index contributed by atoms with van der Waals surface area (Å²) in [6.07, 6.45) is -2.83. The maximum atomic E-state index is 12.4. The molecule has 0 fully saturated rings. The Hall–Kier alpha value is -2.76. The van der Waals surface area contributed by atoms with E-state index in [1.54, 1.807) is 31.5 Å². The van der Waals surface area contributed by atoms with Crippen LogP contribution in [-0.2, 0) is 13.1 Å². The summed E-state index contributed by atoms with van der Waals surface area (Å²) in [7, 11) is 1.60. The zero-order chi connectivity index (χ0) is 22.3. The number of ether oxygens (including phenoxy) is 1. The van der Waals surface area contributed by atoms with Crippen molar-refractivity contribution >= 4 is 29.9 Å². The third kappa shape index (κ3) is 7.74. The van der Waals surface area contributed by atoms with E-state index in [9.17, 15) is 13.2 Å². The highest BCUT2D eigenvalue weighted by molar-refractivity contribution is 14.0. The SMILES string of the molecule is CN=C(NCc1coc(-c2ccc(C)cc2)n1)NCc1ccccc1OCC(F)(F)F.I. The maximum Gasteiger partial charge on any atom is 0.422 e. The lowest BCUT2D eigenvalue weighted by atomic mass is 10.1. The second-order valence-corrected chi connectivity index (χ2v) is 6.80. The van der Waals surface area contributed by atoms with Gasteiger partial charge < -0.3 is 19.8 Å². The number of benzene rings is 2. The number of rotatable bonds is 7. The number of hydrogen-bond donors (Lipinski definition) is 2. The van der Waals surface area contributed by atoms with Gasteiger partial charge in [0.15, 0.2) is 12.6 Å². The van der Waals surface area contributed by atoms with Crippen LogP contribution in [0.5, 0.6) is 5.75 Å². The number of nitrogens with zero attached hydrogens (tertiary/aromatic N) is 2. The topological polar surface area (TPSA) is 71.7 Å². The zero-order valence-corrected chi connectivity index (χ0v) is 19.9. The minimum atomic E-state index is -4.40. The highest BCUT2D eigenvalue weighted by atomic mass is 127. The van der Waals surface area contributed by atoms with E-state index in [2.05, 4.69) is 20.6 Å². The predicted octanol–water partition coefficient (Wildman–Crippen LogP) is 5.07. The number of guanidine groups is 1. The number of halogens is 4. The van der Waals surface area contributed by atoms with Crippen LogP contribution in [-0.4, -0.2) is 30.8 Å². The Morgan fingerprint density at radius 2 is 1.75 bits per heavy atom. The third-order valence-electron chi connectivity index (χ3n) is 4.32. The normalized spacial score (nSPS) is 11.6. The van der Waals surface area contributed by atoms with Gasteiger partial charge in [-0.1, -0.05) is 35.9 Å². The minimum Gasteiger partial charge on any atom is -0.484 e. The number of nitrogens with one attached hydrogen (secondary N) is 2. The fraction of sp³-hybridized carbons (Fsp3) is 0.273. The zero-order valence-electron chi connectivity index (χ0n) is 17.6. The van der Waals surface area contributed by atoms with E-state index < -0.39 is 12.8 Å². The molecule has 0 unspecified atom stereocenters. The molecule has 0 spiro atoms. The first-order valence-corrected chi connectivity index (χ1v) is 9.57. The Balaban J connectivity index is 0.00000363. The van der Waals surface area contributed by atoms with Crippen LogP contribution in [0.4, 0.5) is 13.2 Å². The van der Waals surface area contributed by atoms with Crippen molar-refractivity contribution in [3.05, 3.63) is 71.6 Å². The van der Waals surface area contributed by atoms with E-state index in [0.717, 1.165) is 11.1 Å². The van der Waals surface area contributed by atoms with Crippen molar-refractivity contribution in [2.45, 2.75) is 26.2 Å². The fourth-order valence-electron chi connectivity index (χ4n) is 2.74. The van der Waals surface area contributed by atoms with E-state index in [1.165, 1.54) is 6.07 Å². The molecule has 0 saturated heterocycles. The van der Waals surface area contributed by atoms with Crippen molar-refractivity contribution in [2.75, 3.05) is 13.7 Å². The number of hydrogen-bond acceptors (Lipinski definition) is 4. The van der Waals surface area contributed by atoms with Gasteiger partial charge in [-0.05, 0) is 25.1 Å². The molecule has 3 rings (SSSR count). The van der Waals surface area contributed by atoms with E-state index in [0.29, 0.717) is 29.7 Å². The first-order chi connectivity index (χ1) is 14.8. The molecule has 0 radical (unpaired) electrons. The van der Waals surface area contributed by atoms with Gasteiger partial charge in [-0.2, -0.15) is 13.2 Å². The number of aromatic nitrogens is 1. The number of alkyl halides is 3. The number of aliphatic imine (C=N–C) groups is 1. The molecule has 1 aromatic heterocycles. The predicted molar refractivity (Wildman–Crippen MR) is 127 cm³/mol. The van der Waals surface area contributed by atoms with Crippen molar-refractivity contribution in [3.8, 4) is 17.2 Å². The van der Waals surface area contributed by atoms with Crippen LogP contribution >= 0.6 is 24.0 Å². The summed E-state index contributed by atoms with van der Waals surface area (Å²) < 4.78 is 47.8. The first kappa shape index (κ1) is 25.5. The van der Waals surface area contributed by atoms with Crippen LogP contribution in [0, 0.1) is 6.92 Å². The summed E-state index contributed by atoms with van der Waals surface area (Å²) in [5.74, 6) is 1.16. The molecule has 32 heavy (non-hydrogen) atoms. The molecule has 0 amide bonds. The van der Waals surface area contributed by atoms with Gasteiger partial charge in [0, 0.05) is 24.7 Å². The Morgan fingerprint density at radius 3 is 2.44 bits per heavy atom. The number of aryl methyl sites for hydroxylation is 1. The molecule has 0 bridgehead atoms. The van der Waals surface area contributed by atoms with Gasteiger partial charge in [0.2, 0.25) is 5.89 Å². The molecule has 0 atom stereocenters. The van der Waals surface area contributed by atoms with Crippen molar-refractivity contribution in [1.82, 2.24) is 15.6 Å². The van der Waals surface area contributed by atoms with Crippen LogP contribution in [0.25, 0.3) is 11.5 Å². The van der Waals surface area contributed by atoms with Crippen molar-refractivity contribution in [1.29, 1.82) is 0 Å². The molecule has 2 N–H and O–H groups in total. The molecule has 2 aromatic carbocycles. The lowest BCUT2D eigenvalue weighted by molar-refractivity contribution is -0.153. The van der Waals surface area contributed by atoms with Crippen molar-refractivity contribution < 1.29 is 22.3 Å². The van der Waals surface area contributed by atoms with E-state index in [1.807, 2.05) is 31.2 Å². The van der Waals surface area contributed by atoms with Gasteiger partial charge in [0.1, 0.15) is 12.0 Å². The second kappa shape index (κ2) is 11.7. The fourth-order valence-corrected chi connectivity index (χ4v) is 2.74. The quantitative estimate of drug-likeness (QED) is 0.240. The Kier molecular flexibility index (Phi) is 9.36. The average Bonchev–Trinajstić information content (AvgIpc) is 3.22. The van der Waals surface area contributed by atoms with E-state index in [4.69, 9.17) is 9.15 Å². The van der Waals surface area contributed by atoms with E-state index in [-0.39, 0.29) is 36.3 Å². The third-order valence-corrected chi connectivity index (χ3v) is 4.32. The van der Waals surface area contributed by atoms with Gasteiger partial charge in [-0.15, -0.1) is 24.0 Å². The molecular weight excluding hydrogens is 536 g/mol. The van der Waals surface area contributed by atoms with Crippen LogP contribution in [0.1, 0.15) is 16.8 Å². The summed E-state index contributed by atoms with van der Waals surface area (Å²) in [5.41, 5.74) is 3.30. The molecule has 3 aromatic rings. The average molecular weight is 560 g/mol. The summed E-state index contributed by atoms with van der Waals surface area (Å²) in [5, 5.41) is 6.16. The Labute approximate surface area is 201 Å². The van der Waals surface area contributed by atoms with Gasteiger partial charge in [0.05, 0.1) is 12.2 Å². The lowest BCUT2D eigenvalue weighted by Gasteiger charge is -2.15. The summed E-state index contributed by atoms with van der Waals surface area (Å²) in [6.45, 7) is 1.27. The van der Waals surface area contributed by atoms with Gasteiger partial charge in [0.25, 0.3) is 0 Å². The van der Waals surface area contributed by atoms with Gasteiger partial charge in [-0.3, -0.25) is 4.99 Å². The highest BCUT2D eigenvalue weighted by Gasteiger charge is 2.28. The molecule has 0 aliphatic heterocycles.